The van der Waals surface area contributed by atoms with E-state index in [2.05, 4.69) is 47.1 Å². The molecule has 2 heterocycles. The van der Waals surface area contributed by atoms with E-state index in [9.17, 15) is 0 Å². The van der Waals surface area contributed by atoms with Gasteiger partial charge in [0.05, 0.1) is 24.1 Å². The van der Waals surface area contributed by atoms with Crippen molar-refractivity contribution in [2.24, 2.45) is 0 Å². The van der Waals surface area contributed by atoms with Gasteiger partial charge >= 0.3 is 0 Å². The summed E-state index contributed by atoms with van der Waals surface area (Å²) in [4.78, 5) is 8.44. The molecule has 0 aliphatic rings. The van der Waals surface area contributed by atoms with E-state index in [1.807, 2.05) is 25.3 Å². The standard InChI is InChI=1S/C12H11Br2N3/c1-8-2-3-15-6-11(8)17-7-12-10(14)4-9(13)5-16-12/h2-6,17H,7H2,1H3. The molecule has 5 heteroatoms. The Morgan fingerprint density at radius 3 is 2.82 bits per heavy atom. The Kier molecular flexibility index (Phi) is 4.12. The minimum Gasteiger partial charge on any atom is -0.378 e. The quantitative estimate of drug-likeness (QED) is 0.905. The van der Waals surface area contributed by atoms with E-state index in [0.717, 1.165) is 20.3 Å². The van der Waals surface area contributed by atoms with E-state index in [1.165, 1.54) is 5.56 Å². The van der Waals surface area contributed by atoms with E-state index >= 15 is 0 Å². The van der Waals surface area contributed by atoms with E-state index in [-0.39, 0.29) is 0 Å². The van der Waals surface area contributed by atoms with Crippen LogP contribution in [0.4, 0.5) is 5.69 Å². The van der Waals surface area contributed by atoms with Crippen molar-refractivity contribution in [3.63, 3.8) is 0 Å². The molecule has 17 heavy (non-hydrogen) atoms. The van der Waals surface area contributed by atoms with Crippen molar-refractivity contribution in [1.82, 2.24) is 9.97 Å². The van der Waals surface area contributed by atoms with Gasteiger partial charge in [-0.1, -0.05) is 0 Å². The number of nitrogens with one attached hydrogen (secondary N) is 1. The maximum Gasteiger partial charge on any atom is 0.0737 e. The number of nitrogens with zero attached hydrogens (tertiary/aromatic N) is 2. The van der Waals surface area contributed by atoms with Crippen LogP contribution in [0.2, 0.25) is 0 Å². The number of halogens is 2. The SMILES string of the molecule is Cc1ccncc1NCc1ncc(Br)cc1Br. The van der Waals surface area contributed by atoms with Crippen molar-refractivity contribution in [2.45, 2.75) is 13.5 Å². The zero-order valence-electron chi connectivity index (χ0n) is 9.24. The van der Waals surface area contributed by atoms with Gasteiger partial charge in [0.25, 0.3) is 0 Å². The molecule has 88 valence electrons. The highest BCUT2D eigenvalue weighted by atomic mass is 79.9. The normalized spacial score (nSPS) is 10.3. The molecule has 0 saturated heterocycles. The minimum absolute atomic E-state index is 0.667. The van der Waals surface area contributed by atoms with Crippen LogP contribution in [0.5, 0.6) is 0 Å². The second-order valence-electron chi connectivity index (χ2n) is 3.63. The average molecular weight is 357 g/mol. The molecule has 0 aliphatic carbocycles. The van der Waals surface area contributed by atoms with Gasteiger partial charge in [0, 0.05) is 21.3 Å². The molecule has 0 radical (unpaired) electrons. The summed E-state index contributed by atoms with van der Waals surface area (Å²) in [6.07, 6.45) is 5.40. The van der Waals surface area contributed by atoms with E-state index in [0.29, 0.717) is 6.54 Å². The predicted molar refractivity (Wildman–Crippen MR) is 75.9 cm³/mol. The Hall–Kier alpha value is -0.940. The van der Waals surface area contributed by atoms with Crippen LogP contribution in [0.1, 0.15) is 11.3 Å². The summed E-state index contributed by atoms with van der Waals surface area (Å²) in [7, 11) is 0. The molecular formula is C12H11Br2N3. The van der Waals surface area contributed by atoms with Gasteiger partial charge in [-0.15, -0.1) is 0 Å². The molecule has 3 nitrogen and oxygen atoms in total. The number of hydrogen-bond donors (Lipinski definition) is 1. The molecule has 0 amide bonds. The number of pyridine rings is 2. The highest BCUT2D eigenvalue weighted by molar-refractivity contribution is 9.11. The highest BCUT2D eigenvalue weighted by Crippen LogP contribution is 2.21. The molecule has 2 rings (SSSR count). The van der Waals surface area contributed by atoms with Gasteiger partial charge in [-0.25, -0.2) is 0 Å². The van der Waals surface area contributed by atoms with Gasteiger partial charge in [0.1, 0.15) is 0 Å². The van der Waals surface area contributed by atoms with Gasteiger partial charge < -0.3 is 5.32 Å². The fourth-order valence-corrected chi connectivity index (χ4v) is 2.53. The maximum absolute atomic E-state index is 4.35. The summed E-state index contributed by atoms with van der Waals surface area (Å²) in [6, 6.07) is 3.96. The molecule has 0 spiro atoms. The lowest BCUT2D eigenvalue weighted by Gasteiger charge is -2.09. The molecule has 0 fully saturated rings. The number of aryl methyl sites for hydroxylation is 1. The van der Waals surface area contributed by atoms with Crippen molar-refractivity contribution >= 4 is 37.5 Å². The summed E-state index contributed by atoms with van der Waals surface area (Å²) >= 11 is 6.87. The lowest BCUT2D eigenvalue weighted by atomic mass is 10.2. The van der Waals surface area contributed by atoms with Crippen LogP contribution in [-0.2, 0) is 6.54 Å². The molecule has 0 aromatic carbocycles. The van der Waals surface area contributed by atoms with Crippen LogP contribution < -0.4 is 5.32 Å². The Labute approximate surface area is 117 Å². The number of anilines is 1. The third kappa shape index (κ3) is 3.26. The van der Waals surface area contributed by atoms with Crippen LogP contribution in [0.25, 0.3) is 0 Å². The zero-order chi connectivity index (χ0) is 12.3. The van der Waals surface area contributed by atoms with E-state index in [4.69, 9.17) is 0 Å². The van der Waals surface area contributed by atoms with E-state index in [1.54, 1.807) is 12.4 Å². The number of aromatic nitrogens is 2. The summed E-state index contributed by atoms with van der Waals surface area (Å²) in [6.45, 7) is 2.72. The summed E-state index contributed by atoms with van der Waals surface area (Å²) < 4.78 is 1.95. The molecule has 0 unspecified atom stereocenters. The van der Waals surface area contributed by atoms with Gasteiger partial charge in [-0.05, 0) is 56.5 Å². The summed E-state index contributed by atoms with van der Waals surface area (Å²) in [5, 5.41) is 3.32. The van der Waals surface area contributed by atoms with Crippen molar-refractivity contribution in [3.8, 4) is 0 Å². The van der Waals surface area contributed by atoms with E-state index < -0.39 is 0 Å². The Bertz CT molecular complexity index is 529. The Morgan fingerprint density at radius 1 is 1.29 bits per heavy atom. The maximum atomic E-state index is 4.35. The Morgan fingerprint density at radius 2 is 2.12 bits per heavy atom. The summed E-state index contributed by atoms with van der Waals surface area (Å²) in [5.41, 5.74) is 3.17. The Balaban J connectivity index is 2.10. The zero-order valence-corrected chi connectivity index (χ0v) is 12.4. The first-order chi connectivity index (χ1) is 8.16. The van der Waals surface area contributed by atoms with Crippen LogP contribution in [0.3, 0.4) is 0 Å². The predicted octanol–water partition coefficient (Wildman–Crippen LogP) is 3.92. The topological polar surface area (TPSA) is 37.8 Å². The molecule has 1 N–H and O–H groups in total. The first-order valence-electron chi connectivity index (χ1n) is 5.11. The van der Waals surface area contributed by atoms with Crippen LogP contribution in [0, 0.1) is 6.92 Å². The van der Waals surface area contributed by atoms with Crippen molar-refractivity contribution in [2.75, 3.05) is 5.32 Å². The second kappa shape index (κ2) is 5.60. The summed E-state index contributed by atoms with van der Waals surface area (Å²) in [5.74, 6) is 0. The highest BCUT2D eigenvalue weighted by Gasteiger charge is 2.03. The largest absolute Gasteiger partial charge is 0.378 e. The smallest absolute Gasteiger partial charge is 0.0737 e. The molecular weight excluding hydrogens is 346 g/mol. The molecule has 2 aromatic rings. The monoisotopic (exact) mass is 355 g/mol. The number of hydrogen-bond acceptors (Lipinski definition) is 3. The number of rotatable bonds is 3. The van der Waals surface area contributed by atoms with Crippen LogP contribution >= 0.6 is 31.9 Å². The van der Waals surface area contributed by atoms with Gasteiger partial charge in [0.15, 0.2) is 0 Å². The van der Waals surface area contributed by atoms with Crippen molar-refractivity contribution in [3.05, 3.63) is 50.9 Å². The molecule has 0 saturated carbocycles. The minimum atomic E-state index is 0.667. The lowest BCUT2D eigenvalue weighted by molar-refractivity contribution is 1.02. The average Bonchev–Trinajstić information content (AvgIpc) is 2.30. The van der Waals surface area contributed by atoms with Crippen LogP contribution in [0.15, 0.2) is 39.7 Å². The van der Waals surface area contributed by atoms with Gasteiger partial charge in [-0.3, -0.25) is 9.97 Å². The molecule has 0 aliphatic heterocycles. The molecule has 0 atom stereocenters. The van der Waals surface area contributed by atoms with Crippen molar-refractivity contribution in [1.29, 1.82) is 0 Å². The molecule has 2 aromatic heterocycles. The third-order valence-corrected chi connectivity index (χ3v) is 3.49. The fraction of sp³-hybridized carbons (Fsp3) is 0.167. The van der Waals surface area contributed by atoms with Gasteiger partial charge in [0.2, 0.25) is 0 Å². The van der Waals surface area contributed by atoms with Crippen LogP contribution in [-0.4, -0.2) is 9.97 Å². The third-order valence-electron chi connectivity index (χ3n) is 2.37. The van der Waals surface area contributed by atoms with Gasteiger partial charge in [-0.2, -0.15) is 0 Å². The molecule has 0 bridgehead atoms. The lowest BCUT2D eigenvalue weighted by Crippen LogP contribution is -2.04. The van der Waals surface area contributed by atoms with Crippen molar-refractivity contribution < 1.29 is 0 Å². The first-order valence-corrected chi connectivity index (χ1v) is 6.70. The fourth-order valence-electron chi connectivity index (χ4n) is 1.40. The first kappa shape index (κ1) is 12.5. The second-order valence-corrected chi connectivity index (χ2v) is 5.40.